The van der Waals surface area contributed by atoms with Crippen molar-refractivity contribution < 1.29 is 9.59 Å². The summed E-state index contributed by atoms with van der Waals surface area (Å²) in [5.74, 6) is -0.0859. The van der Waals surface area contributed by atoms with Crippen molar-refractivity contribution in [3.8, 4) is 0 Å². The van der Waals surface area contributed by atoms with Crippen LogP contribution in [-0.4, -0.2) is 23.1 Å². The average molecular weight is 230 g/mol. The Hall–Kier alpha value is -0.870. The van der Waals surface area contributed by atoms with Gasteiger partial charge in [0, 0.05) is 4.88 Å². The molecule has 0 spiro atoms. The molecule has 0 aliphatic carbocycles. The predicted molar refractivity (Wildman–Crippen MR) is 54.4 cm³/mol. The third-order valence-corrected chi connectivity index (χ3v) is 3.26. The van der Waals surface area contributed by atoms with Gasteiger partial charge < -0.3 is 4.90 Å². The van der Waals surface area contributed by atoms with Crippen LogP contribution in [0.1, 0.15) is 11.3 Å². The van der Waals surface area contributed by atoms with Gasteiger partial charge in [-0.2, -0.15) is 0 Å². The normalized spacial score (nSPS) is 16.8. The Morgan fingerprint density at radius 1 is 1.43 bits per heavy atom. The SMILES string of the molecule is O=C1CC(=O)N(Cc2ccc(Cl)s2)C1. The van der Waals surface area contributed by atoms with Crippen LogP contribution >= 0.6 is 22.9 Å². The Kier molecular flexibility index (Phi) is 2.56. The van der Waals surface area contributed by atoms with Crippen LogP contribution in [0, 0.1) is 0 Å². The molecule has 1 fully saturated rings. The molecule has 0 unspecified atom stereocenters. The summed E-state index contributed by atoms with van der Waals surface area (Å²) >= 11 is 7.20. The van der Waals surface area contributed by atoms with E-state index >= 15 is 0 Å². The first-order valence-corrected chi connectivity index (χ1v) is 5.38. The zero-order valence-corrected chi connectivity index (χ0v) is 8.90. The fourth-order valence-electron chi connectivity index (χ4n) is 1.41. The van der Waals surface area contributed by atoms with Gasteiger partial charge in [-0.1, -0.05) is 11.6 Å². The minimum absolute atomic E-state index is 0.00217. The highest BCUT2D eigenvalue weighted by atomic mass is 35.5. The fraction of sp³-hybridized carbons (Fsp3) is 0.333. The molecule has 2 heterocycles. The number of hydrogen-bond donors (Lipinski definition) is 0. The maximum atomic E-state index is 11.3. The number of Topliss-reactive ketones (excluding diaryl/α,β-unsaturated/α-hetero) is 1. The lowest BCUT2D eigenvalue weighted by atomic mass is 10.3. The number of rotatable bonds is 2. The van der Waals surface area contributed by atoms with Crippen molar-refractivity contribution in [1.29, 1.82) is 0 Å². The van der Waals surface area contributed by atoms with E-state index in [4.69, 9.17) is 11.6 Å². The van der Waals surface area contributed by atoms with Gasteiger partial charge in [0.25, 0.3) is 0 Å². The first kappa shape index (κ1) is 9.68. The second kappa shape index (κ2) is 3.71. The molecular weight excluding hydrogens is 222 g/mol. The number of thiophene rings is 1. The highest BCUT2D eigenvalue weighted by Crippen LogP contribution is 2.23. The smallest absolute Gasteiger partial charge is 0.230 e. The van der Waals surface area contributed by atoms with Gasteiger partial charge in [0.2, 0.25) is 5.91 Å². The highest BCUT2D eigenvalue weighted by molar-refractivity contribution is 7.16. The molecule has 74 valence electrons. The number of nitrogens with zero attached hydrogens (tertiary/aromatic N) is 1. The van der Waals surface area contributed by atoms with Crippen molar-refractivity contribution in [1.82, 2.24) is 4.90 Å². The van der Waals surface area contributed by atoms with Gasteiger partial charge in [-0.05, 0) is 12.1 Å². The lowest BCUT2D eigenvalue weighted by Gasteiger charge is -2.12. The molecule has 5 heteroatoms. The molecule has 0 bridgehead atoms. The molecule has 1 aliphatic heterocycles. The summed E-state index contributed by atoms with van der Waals surface area (Å²) in [6.45, 7) is 0.746. The van der Waals surface area contributed by atoms with Gasteiger partial charge in [-0.25, -0.2) is 0 Å². The van der Waals surface area contributed by atoms with E-state index in [1.54, 1.807) is 11.0 Å². The topological polar surface area (TPSA) is 37.4 Å². The monoisotopic (exact) mass is 229 g/mol. The van der Waals surface area contributed by atoms with E-state index in [0.29, 0.717) is 10.9 Å². The molecular formula is C9H8ClNO2S. The summed E-state index contributed by atoms with van der Waals surface area (Å²) < 4.78 is 0.706. The van der Waals surface area contributed by atoms with Crippen LogP contribution in [0.3, 0.4) is 0 Å². The summed E-state index contributed by atoms with van der Waals surface area (Å²) in [6, 6.07) is 3.67. The molecule has 1 saturated heterocycles. The molecule has 0 radical (unpaired) electrons. The standard InChI is InChI=1S/C9H8ClNO2S/c10-8-2-1-7(14-8)5-11-4-6(12)3-9(11)13/h1-2H,3-5H2. The van der Waals surface area contributed by atoms with E-state index in [2.05, 4.69) is 0 Å². The van der Waals surface area contributed by atoms with Gasteiger partial charge >= 0.3 is 0 Å². The summed E-state index contributed by atoms with van der Waals surface area (Å²) in [5, 5.41) is 0. The summed E-state index contributed by atoms with van der Waals surface area (Å²) in [5.41, 5.74) is 0. The van der Waals surface area contributed by atoms with Gasteiger partial charge in [-0.15, -0.1) is 11.3 Å². The lowest BCUT2D eigenvalue weighted by molar-refractivity contribution is -0.128. The highest BCUT2D eigenvalue weighted by Gasteiger charge is 2.27. The van der Waals surface area contributed by atoms with Gasteiger partial charge in [0.1, 0.15) is 0 Å². The Morgan fingerprint density at radius 2 is 2.21 bits per heavy atom. The van der Waals surface area contributed by atoms with Crippen LogP contribution < -0.4 is 0 Å². The van der Waals surface area contributed by atoms with Crippen LogP contribution in [-0.2, 0) is 16.1 Å². The van der Waals surface area contributed by atoms with E-state index in [9.17, 15) is 9.59 Å². The van der Waals surface area contributed by atoms with E-state index in [1.807, 2.05) is 6.07 Å². The molecule has 0 saturated carbocycles. The molecule has 0 aromatic carbocycles. The third kappa shape index (κ3) is 1.96. The molecule has 0 N–H and O–H groups in total. The van der Waals surface area contributed by atoms with Crippen molar-refractivity contribution in [3.63, 3.8) is 0 Å². The number of hydrogen-bond acceptors (Lipinski definition) is 3. The molecule has 2 rings (SSSR count). The van der Waals surface area contributed by atoms with E-state index in [1.165, 1.54) is 11.3 Å². The minimum Gasteiger partial charge on any atom is -0.330 e. The zero-order chi connectivity index (χ0) is 10.1. The molecule has 0 atom stereocenters. The predicted octanol–water partition coefficient (Wildman–Crippen LogP) is 1.70. The van der Waals surface area contributed by atoms with Crippen molar-refractivity contribution in [2.24, 2.45) is 0 Å². The molecule has 14 heavy (non-hydrogen) atoms. The van der Waals surface area contributed by atoms with Crippen LogP contribution in [0.4, 0.5) is 0 Å². The number of carbonyl (C=O) groups is 2. The van der Waals surface area contributed by atoms with Crippen molar-refractivity contribution in [2.45, 2.75) is 13.0 Å². The van der Waals surface area contributed by atoms with Crippen molar-refractivity contribution in [2.75, 3.05) is 6.54 Å². The van der Waals surface area contributed by atoms with Crippen LogP contribution in [0.2, 0.25) is 4.34 Å². The second-order valence-corrected chi connectivity index (χ2v) is 4.97. The molecule has 3 nitrogen and oxygen atoms in total. The molecule has 1 aromatic rings. The quantitative estimate of drug-likeness (QED) is 0.724. The Morgan fingerprint density at radius 3 is 2.71 bits per heavy atom. The van der Waals surface area contributed by atoms with Gasteiger partial charge in [0.15, 0.2) is 5.78 Å². The maximum absolute atomic E-state index is 11.3. The summed E-state index contributed by atoms with van der Waals surface area (Å²) in [4.78, 5) is 24.8. The Balaban J connectivity index is 2.05. The number of halogens is 1. The largest absolute Gasteiger partial charge is 0.330 e. The molecule has 1 aromatic heterocycles. The Bertz CT molecular complexity index is 388. The van der Waals surface area contributed by atoms with Crippen LogP contribution in [0.25, 0.3) is 0 Å². The van der Waals surface area contributed by atoms with Gasteiger partial charge in [0.05, 0.1) is 23.8 Å². The van der Waals surface area contributed by atoms with E-state index in [0.717, 1.165) is 4.88 Å². The minimum atomic E-state index is -0.0838. The molecule has 1 amide bonds. The maximum Gasteiger partial charge on any atom is 0.230 e. The molecule has 1 aliphatic rings. The summed E-state index contributed by atoms with van der Waals surface area (Å²) in [7, 11) is 0. The second-order valence-electron chi connectivity index (χ2n) is 3.17. The van der Waals surface area contributed by atoms with Crippen molar-refractivity contribution >= 4 is 34.6 Å². The first-order valence-electron chi connectivity index (χ1n) is 4.19. The lowest BCUT2D eigenvalue weighted by Crippen LogP contribution is -2.23. The number of likely N-dealkylation sites (tertiary alicyclic amines) is 1. The average Bonchev–Trinajstić information content (AvgIpc) is 2.61. The fourth-order valence-corrected chi connectivity index (χ4v) is 2.51. The zero-order valence-electron chi connectivity index (χ0n) is 7.33. The van der Waals surface area contributed by atoms with Crippen molar-refractivity contribution in [3.05, 3.63) is 21.3 Å². The number of carbonyl (C=O) groups excluding carboxylic acids is 2. The first-order chi connectivity index (χ1) is 6.65. The van der Waals surface area contributed by atoms with E-state index in [-0.39, 0.29) is 24.7 Å². The number of amides is 1. The van der Waals surface area contributed by atoms with Crippen LogP contribution in [0.15, 0.2) is 12.1 Å². The van der Waals surface area contributed by atoms with E-state index < -0.39 is 0 Å². The third-order valence-electron chi connectivity index (χ3n) is 2.04. The van der Waals surface area contributed by atoms with Crippen LogP contribution in [0.5, 0.6) is 0 Å². The Labute approximate surface area is 90.3 Å². The van der Waals surface area contributed by atoms with Gasteiger partial charge in [-0.3, -0.25) is 9.59 Å². The summed E-state index contributed by atoms with van der Waals surface area (Å²) in [6.07, 6.45) is 0.0547. The number of ketones is 1.